The number of aromatic nitrogens is 3. The Morgan fingerprint density at radius 1 is 1.15 bits per heavy atom. The van der Waals surface area contributed by atoms with E-state index in [0.29, 0.717) is 56.5 Å². The van der Waals surface area contributed by atoms with Crippen LogP contribution < -0.4 is 10.6 Å². The van der Waals surface area contributed by atoms with Gasteiger partial charge in [0.1, 0.15) is 5.82 Å². The first kappa shape index (κ1) is 27.6. The summed E-state index contributed by atoms with van der Waals surface area (Å²) < 4.78 is 7.27. The number of nitriles is 1. The van der Waals surface area contributed by atoms with Crippen LogP contribution in [-0.2, 0) is 4.74 Å². The number of hydrogen-bond acceptors (Lipinski definition) is 7. The second-order valence-corrected chi connectivity index (χ2v) is 9.66. The van der Waals surface area contributed by atoms with Crippen LogP contribution in [0.5, 0.6) is 0 Å². The number of carbonyl (C=O) groups is 2. The number of pyridine rings is 2. The maximum Gasteiger partial charge on any atom is 0.321 e. The molecule has 4 aromatic rings. The van der Waals surface area contributed by atoms with E-state index >= 15 is 0 Å². The molecule has 4 heterocycles. The molecule has 210 valence electrons. The molecule has 0 unspecified atom stereocenters. The van der Waals surface area contributed by atoms with Crippen LogP contribution in [-0.4, -0.2) is 75.5 Å². The maximum absolute atomic E-state index is 12.8. The van der Waals surface area contributed by atoms with E-state index in [1.807, 2.05) is 54.9 Å². The quantitative estimate of drug-likeness (QED) is 0.325. The molecule has 1 aromatic carbocycles. The van der Waals surface area contributed by atoms with Gasteiger partial charge in [0.25, 0.3) is 5.91 Å². The Bertz CT molecular complexity index is 1590. The summed E-state index contributed by atoms with van der Waals surface area (Å²) in [5.74, 6) is 0.528. The van der Waals surface area contributed by atoms with Crippen molar-refractivity contribution >= 4 is 34.8 Å². The molecule has 41 heavy (non-hydrogen) atoms. The molecule has 1 aliphatic rings. The molecule has 0 radical (unpaired) electrons. The van der Waals surface area contributed by atoms with Gasteiger partial charge in [-0.05, 0) is 49.2 Å². The molecule has 1 saturated heterocycles. The number of hydrogen-bond donors (Lipinski definition) is 2. The molecular formula is C30H32N8O3. The van der Waals surface area contributed by atoms with Crippen molar-refractivity contribution in [3.63, 3.8) is 0 Å². The zero-order valence-corrected chi connectivity index (χ0v) is 23.1. The number of nitrogens with one attached hydrogen (secondary N) is 2. The Labute approximate surface area is 238 Å². The fraction of sp³-hybridized carbons (Fsp3) is 0.300. The zero-order valence-electron chi connectivity index (χ0n) is 23.1. The number of morpholine rings is 1. The van der Waals surface area contributed by atoms with Crippen molar-refractivity contribution in [1.29, 1.82) is 5.26 Å². The van der Waals surface area contributed by atoms with Crippen LogP contribution in [0.15, 0.2) is 61.2 Å². The van der Waals surface area contributed by atoms with Crippen LogP contribution >= 0.6 is 0 Å². The fourth-order valence-electron chi connectivity index (χ4n) is 4.82. The Morgan fingerprint density at radius 3 is 2.71 bits per heavy atom. The van der Waals surface area contributed by atoms with E-state index in [0.717, 1.165) is 28.0 Å². The van der Waals surface area contributed by atoms with Gasteiger partial charge in [0.05, 0.1) is 37.0 Å². The van der Waals surface area contributed by atoms with Crippen LogP contribution in [0.2, 0.25) is 0 Å². The molecule has 1 aliphatic heterocycles. The largest absolute Gasteiger partial charge is 0.378 e. The predicted octanol–water partition coefficient (Wildman–Crippen LogP) is 4.69. The summed E-state index contributed by atoms with van der Waals surface area (Å²) in [5.41, 5.74) is 5.47. The van der Waals surface area contributed by atoms with E-state index in [4.69, 9.17) is 10.00 Å². The highest BCUT2D eigenvalue weighted by Gasteiger charge is 2.19. The van der Waals surface area contributed by atoms with Gasteiger partial charge < -0.3 is 29.6 Å². The van der Waals surface area contributed by atoms with Crippen LogP contribution in [0.3, 0.4) is 0 Å². The van der Waals surface area contributed by atoms with E-state index in [1.165, 1.54) is 0 Å². The van der Waals surface area contributed by atoms with Gasteiger partial charge in [0.15, 0.2) is 5.65 Å². The normalized spacial score (nSPS) is 13.0. The van der Waals surface area contributed by atoms with Crippen molar-refractivity contribution < 1.29 is 14.3 Å². The number of fused-ring (bicyclic) bond motifs is 1. The number of urea groups is 1. The number of anilines is 3. The Hall–Kier alpha value is -4.95. The number of ether oxygens (including phenoxy) is 1. The minimum Gasteiger partial charge on any atom is -0.378 e. The predicted molar refractivity (Wildman–Crippen MR) is 156 cm³/mol. The monoisotopic (exact) mass is 552 g/mol. The minimum absolute atomic E-state index is 0.0560. The van der Waals surface area contributed by atoms with E-state index in [2.05, 4.69) is 26.7 Å². The first-order chi connectivity index (χ1) is 20.0. The van der Waals surface area contributed by atoms with Gasteiger partial charge >= 0.3 is 6.03 Å². The lowest BCUT2D eigenvalue weighted by molar-refractivity contribution is 0.0302. The van der Waals surface area contributed by atoms with Gasteiger partial charge in [-0.1, -0.05) is 12.1 Å². The molecule has 0 saturated carbocycles. The number of imidazole rings is 1. The van der Waals surface area contributed by atoms with E-state index < -0.39 is 0 Å². The molecule has 1 fully saturated rings. The van der Waals surface area contributed by atoms with Crippen molar-refractivity contribution in [2.45, 2.75) is 20.3 Å². The van der Waals surface area contributed by atoms with Gasteiger partial charge in [-0.25, -0.2) is 14.8 Å². The van der Waals surface area contributed by atoms with Gasteiger partial charge in [-0.2, -0.15) is 5.26 Å². The highest BCUT2D eigenvalue weighted by atomic mass is 16.5. The molecule has 0 aliphatic carbocycles. The van der Waals surface area contributed by atoms with Crippen LogP contribution in [0.1, 0.15) is 29.3 Å². The topological polar surface area (TPSA) is 128 Å². The fourth-order valence-corrected chi connectivity index (χ4v) is 4.82. The molecular weight excluding hydrogens is 520 g/mol. The van der Waals surface area contributed by atoms with Gasteiger partial charge in [-0.15, -0.1) is 0 Å². The molecule has 3 amide bonds. The van der Waals surface area contributed by atoms with Crippen LogP contribution in [0.25, 0.3) is 16.8 Å². The zero-order chi connectivity index (χ0) is 28.8. The SMILES string of the molecule is CCN(CCC#N)C(=O)Nc1cccc(-c2cc(Nc3ccc(C(=O)N4CCOCC4)cn3)c3nccn3c2)c1C. The molecule has 5 rings (SSSR count). The molecule has 0 spiro atoms. The highest BCUT2D eigenvalue weighted by Crippen LogP contribution is 2.32. The number of amides is 3. The standard InChI is InChI=1S/C30H32N8O3/c1-3-36(12-5-10-31)30(40)35-25-7-4-6-24(21(25)2)23-18-26(28-32-11-13-38(28)20-23)34-27-9-8-22(19-33-27)29(39)37-14-16-41-17-15-37/h4,6-9,11,13,18-20H,3,5,12,14-17H2,1-2H3,(H,33,34)(H,35,40). The summed E-state index contributed by atoms with van der Waals surface area (Å²) in [4.78, 5) is 38.0. The number of rotatable bonds is 8. The van der Waals surface area contributed by atoms with Crippen molar-refractivity contribution in [3.05, 3.63) is 72.3 Å². The average Bonchev–Trinajstić information content (AvgIpc) is 3.48. The van der Waals surface area contributed by atoms with E-state index in [1.54, 1.807) is 34.3 Å². The van der Waals surface area contributed by atoms with Crippen molar-refractivity contribution in [2.24, 2.45) is 0 Å². The lowest BCUT2D eigenvalue weighted by Crippen LogP contribution is -2.40. The third-order valence-electron chi connectivity index (χ3n) is 7.11. The van der Waals surface area contributed by atoms with Crippen molar-refractivity contribution in [3.8, 4) is 17.2 Å². The highest BCUT2D eigenvalue weighted by molar-refractivity contribution is 5.94. The first-order valence-corrected chi connectivity index (χ1v) is 13.6. The molecule has 11 nitrogen and oxygen atoms in total. The van der Waals surface area contributed by atoms with Crippen molar-refractivity contribution in [1.82, 2.24) is 24.2 Å². The van der Waals surface area contributed by atoms with Crippen LogP contribution in [0, 0.1) is 18.3 Å². The minimum atomic E-state index is -0.239. The lowest BCUT2D eigenvalue weighted by atomic mass is 10.00. The Kier molecular flexibility index (Phi) is 8.41. The molecule has 0 bridgehead atoms. The smallest absolute Gasteiger partial charge is 0.321 e. The van der Waals surface area contributed by atoms with Gasteiger partial charge in [0.2, 0.25) is 0 Å². The molecule has 0 atom stereocenters. The molecule has 11 heteroatoms. The number of benzene rings is 1. The summed E-state index contributed by atoms with van der Waals surface area (Å²) in [6.45, 7) is 6.98. The number of nitrogens with zero attached hydrogens (tertiary/aromatic N) is 6. The Morgan fingerprint density at radius 2 is 1.98 bits per heavy atom. The Balaban J connectivity index is 1.39. The second-order valence-electron chi connectivity index (χ2n) is 9.66. The summed E-state index contributed by atoms with van der Waals surface area (Å²) in [5, 5.41) is 15.3. The summed E-state index contributed by atoms with van der Waals surface area (Å²) >= 11 is 0. The second kappa shape index (κ2) is 12.5. The van der Waals surface area contributed by atoms with Gasteiger partial charge in [-0.3, -0.25) is 4.79 Å². The van der Waals surface area contributed by atoms with Gasteiger partial charge in [0, 0.05) is 62.2 Å². The third kappa shape index (κ3) is 6.13. The van der Waals surface area contributed by atoms with E-state index in [-0.39, 0.29) is 18.4 Å². The van der Waals surface area contributed by atoms with Crippen molar-refractivity contribution in [2.75, 3.05) is 50.0 Å². The first-order valence-electron chi connectivity index (χ1n) is 13.6. The molecule has 2 N–H and O–H groups in total. The maximum atomic E-state index is 12.8. The summed E-state index contributed by atoms with van der Waals surface area (Å²) in [7, 11) is 0. The van der Waals surface area contributed by atoms with E-state index in [9.17, 15) is 9.59 Å². The average molecular weight is 553 g/mol. The summed E-state index contributed by atoms with van der Waals surface area (Å²) in [6.07, 6.45) is 7.45. The van der Waals surface area contributed by atoms with Crippen LogP contribution in [0.4, 0.5) is 22.0 Å². The summed E-state index contributed by atoms with van der Waals surface area (Å²) in [6, 6.07) is 13.2. The number of carbonyl (C=O) groups excluding carboxylic acids is 2. The lowest BCUT2D eigenvalue weighted by Gasteiger charge is -2.26. The third-order valence-corrected chi connectivity index (χ3v) is 7.11. The molecule has 3 aromatic heterocycles.